The lowest BCUT2D eigenvalue weighted by atomic mass is 10.2. The van der Waals surface area contributed by atoms with Crippen molar-refractivity contribution in [2.75, 3.05) is 12.5 Å². The molecule has 21 heavy (non-hydrogen) atoms. The van der Waals surface area contributed by atoms with Gasteiger partial charge in [0.2, 0.25) is 10.0 Å². The zero-order valence-electron chi connectivity index (χ0n) is 11.3. The molecule has 0 spiro atoms. The number of nitrogens with one attached hydrogen (secondary N) is 1. The number of nitrogens with two attached hydrogens (primary N) is 1. The monoisotopic (exact) mass is 326 g/mol. The standard InChI is InChI=1S/C13H15ClN4O2S/c1-18(9-10-3-2-4-11(14)7-10)21(19,20)12-5-6-16-13(8-12)17-15/h2-8H,9,15H2,1H3,(H,16,17). The van der Waals surface area contributed by atoms with Gasteiger partial charge in [-0.3, -0.25) is 0 Å². The van der Waals surface area contributed by atoms with Crippen molar-refractivity contribution in [3.8, 4) is 0 Å². The predicted octanol–water partition coefficient (Wildman–Crippen LogP) is 1.84. The molecule has 112 valence electrons. The first-order chi connectivity index (χ1) is 9.93. The van der Waals surface area contributed by atoms with Crippen LogP contribution in [0, 0.1) is 0 Å². The minimum Gasteiger partial charge on any atom is -0.308 e. The van der Waals surface area contributed by atoms with Crippen LogP contribution in [0.1, 0.15) is 5.56 Å². The van der Waals surface area contributed by atoms with Crippen molar-refractivity contribution in [1.29, 1.82) is 0 Å². The molecule has 0 radical (unpaired) electrons. The molecule has 0 bridgehead atoms. The number of rotatable bonds is 5. The number of aromatic nitrogens is 1. The van der Waals surface area contributed by atoms with Crippen LogP contribution in [0.25, 0.3) is 0 Å². The molecule has 0 aliphatic carbocycles. The zero-order valence-corrected chi connectivity index (χ0v) is 12.9. The second-order valence-corrected chi connectivity index (χ2v) is 6.89. The SMILES string of the molecule is CN(Cc1cccc(Cl)c1)S(=O)(=O)c1ccnc(NN)c1. The number of halogens is 1. The quantitative estimate of drug-likeness (QED) is 0.646. The second kappa shape index (κ2) is 6.40. The molecule has 0 amide bonds. The average molecular weight is 327 g/mol. The molecule has 2 rings (SSSR count). The number of anilines is 1. The van der Waals surface area contributed by atoms with Crippen LogP contribution in [0.2, 0.25) is 5.02 Å². The van der Waals surface area contributed by atoms with Gasteiger partial charge in [0, 0.05) is 30.9 Å². The zero-order chi connectivity index (χ0) is 15.5. The van der Waals surface area contributed by atoms with Crippen molar-refractivity contribution in [2.24, 2.45) is 5.84 Å². The Morgan fingerprint density at radius 2 is 2.10 bits per heavy atom. The molecule has 1 aromatic carbocycles. The van der Waals surface area contributed by atoms with Crippen molar-refractivity contribution in [1.82, 2.24) is 9.29 Å². The number of hydrogen-bond donors (Lipinski definition) is 2. The van der Waals surface area contributed by atoms with E-state index >= 15 is 0 Å². The van der Waals surface area contributed by atoms with Crippen LogP contribution in [0.5, 0.6) is 0 Å². The van der Waals surface area contributed by atoms with Crippen LogP contribution >= 0.6 is 11.6 Å². The van der Waals surface area contributed by atoms with E-state index in [2.05, 4.69) is 10.4 Å². The highest BCUT2D eigenvalue weighted by molar-refractivity contribution is 7.89. The van der Waals surface area contributed by atoms with E-state index in [1.807, 2.05) is 6.07 Å². The number of sulfonamides is 1. The van der Waals surface area contributed by atoms with Gasteiger partial charge in [-0.1, -0.05) is 23.7 Å². The Labute approximate surface area is 128 Å². The molecule has 1 aromatic heterocycles. The van der Waals surface area contributed by atoms with Gasteiger partial charge in [0.25, 0.3) is 0 Å². The normalized spacial score (nSPS) is 11.6. The summed E-state index contributed by atoms with van der Waals surface area (Å²) in [6, 6.07) is 9.86. The fourth-order valence-electron chi connectivity index (χ4n) is 1.81. The molecule has 2 aromatic rings. The third-order valence-electron chi connectivity index (χ3n) is 2.88. The number of hydrazine groups is 1. The van der Waals surface area contributed by atoms with Gasteiger partial charge >= 0.3 is 0 Å². The van der Waals surface area contributed by atoms with E-state index in [0.717, 1.165) is 5.56 Å². The van der Waals surface area contributed by atoms with Gasteiger partial charge in [0.05, 0.1) is 4.90 Å². The van der Waals surface area contributed by atoms with E-state index in [-0.39, 0.29) is 17.3 Å². The highest BCUT2D eigenvalue weighted by atomic mass is 35.5. The van der Waals surface area contributed by atoms with Gasteiger partial charge in [-0.05, 0) is 23.8 Å². The number of nitrogens with zero attached hydrogens (tertiary/aromatic N) is 2. The van der Waals surface area contributed by atoms with Crippen LogP contribution in [-0.2, 0) is 16.6 Å². The van der Waals surface area contributed by atoms with Crippen LogP contribution in [-0.4, -0.2) is 24.8 Å². The summed E-state index contributed by atoms with van der Waals surface area (Å²) < 4.78 is 26.2. The Morgan fingerprint density at radius 1 is 1.33 bits per heavy atom. The van der Waals surface area contributed by atoms with Crippen LogP contribution in [0.4, 0.5) is 5.82 Å². The summed E-state index contributed by atoms with van der Waals surface area (Å²) in [5, 5.41) is 0.567. The maximum atomic E-state index is 12.5. The lowest BCUT2D eigenvalue weighted by Gasteiger charge is -2.17. The summed E-state index contributed by atoms with van der Waals surface area (Å²) in [6.45, 7) is 0.219. The first kappa shape index (κ1) is 15.7. The van der Waals surface area contributed by atoms with Crippen molar-refractivity contribution in [3.05, 3.63) is 53.2 Å². The van der Waals surface area contributed by atoms with Crippen molar-refractivity contribution in [2.45, 2.75) is 11.4 Å². The molecule has 0 saturated heterocycles. The first-order valence-corrected chi connectivity index (χ1v) is 7.89. The van der Waals surface area contributed by atoms with Crippen LogP contribution in [0.15, 0.2) is 47.5 Å². The molecule has 0 aliphatic heterocycles. The van der Waals surface area contributed by atoms with Crippen molar-refractivity contribution in [3.63, 3.8) is 0 Å². The van der Waals surface area contributed by atoms with Gasteiger partial charge in [0.1, 0.15) is 5.82 Å². The Morgan fingerprint density at radius 3 is 2.76 bits per heavy atom. The number of hydrogen-bond acceptors (Lipinski definition) is 5. The summed E-state index contributed by atoms with van der Waals surface area (Å²) in [5.74, 6) is 5.53. The first-order valence-electron chi connectivity index (χ1n) is 6.07. The lowest BCUT2D eigenvalue weighted by molar-refractivity contribution is 0.466. The Kier molecular flexibility index (Phi) is 4.79. The van der Waals surface area contributed by atoms with E-state index < -0.39 is 10.0 Å². The maximum Gasteiger partial charge on any atom is 0.243 e. The second-order valence-electron chi connectivity index (χ2n) is 4.41. The van der Waals surface area contributed by atoms with E-state index in [1.165, 1.54) is 29.7 Å². The Balaban J connectivity index is 2.26. The predicted molar refractivity (Wildman–Crippen MR) is 82.2 cm³/mol. The van der Waals surface area contributed by atoms with Crippen molar-refractivity contribution >= 4 is 27.4 Å². The molecule has 3 N–H and O–H groups in total. The third kappa shape index (κ3) is 3.70. The molecule has 1 heterocycles. The molecule has 0 saturated carbocycles. The number of nitrogen functional groups attached to an aromatic ring is 1. The fourth-order valence-corrected chi connectivity index (χ4v) is 3.19. The summed E-state index contributed by atoms with van der Waals surface area (Å²) in [4.78, 5) is 4.01. The Bertz CT molecular complexity index is 736. The summed E-state index contributed by atoms with van der Waals surface area (Å²) in [6.07, 6.45) is 1.38. The molecule has 8 heteroatoms. The maximum absolute atomic E-state index is 12.5. The van der Waals surface area contributed by atoms with Crippen molar-refractivity contribution < 1.29 is 8.42 Å². The highest BCUT2D eigenvalue weighted by Gasteiger charge is 2.21. The van der Waals surface area contributed by atoms with Crippen LogP contribution < -0.4 is 11.3 Å². The molecule has 0 atom stereocenters. The fraction of sp³-hybridized carbons (Fsp3) is 0.154. The topological polar surface area (TPSA) is 88.3 Å². The number of pyridine rings is 1. The molecule has 0 unspecified atom stereocenters. The average Bonchev–Trinajstić information content (AvgIpc) is 2.47. The van der Waals surface area contributed by atoms with Crippen LogP contribution in [0.3, 0.4) is 0 Å². The molecule has 0 fully saturated rings. The van der Waals surface area contributed by atoms with Gasteiger partial charge in [-0.15, -0.1) is 0 Å². The van der Waals surface area contributed by atoms with E-state index in [0.29, 0.717) is 5.02 Å². The van der Waals surface area contributed by atoms with Gasteiger partial charge in [-0.2, -0.15) is 4.31 Å². The third-order valence-corrected chi connectivity index (χ3v) is 4.92. The van der Waals surface area contributed by atoms with E-state index in [9.17, 15) is 8.42 Å². The largest absolute Gasteiger partial charge is 0.308 e. The molecular weight excluding hydrogens is 312 g/mol. The molecule has 6 nitrogen and oxygen atoms in total. The number of benzene rings is 1. The summed E-state index contributed by atoms with van der Waals surface area (Å²) in [5.41, 5.74) is 3.13. The smallest absolute Gasteiger partial charge is 0.243 e. The minimum absolute atomic E-state index is 0.120. The lowest BCUT2D eigenvalue weighted by Crippen LogP contribution is -2.26. The molecular formula is C13H15ClN4O2S. The minimum atomic E-state index is -3.63. The summed E-state index contributed by atoms with van der Waals surface area (Å²) >= 11 is 5.90. The summed E-state index contributed by atoms with van der Waals surface area (Å²) in [7, 11) is -2.12. The highest BCUT2D eigenvalue weighted by Crippen LogP contribution is 2.19. The van der Waals surface area contributed by atoms with E-state index in [4.69, 9.17) is 17.4 Å². The molecule has 0 aliphatic rings. The van der Waals surface area contributed by atoms with Gasteiger partial charge < -0.3 is 5.43 Å². The van der Waals surface area contributed by atoms with Gasteiger partial charge in [0.15, 0.2) is 0 Å². The Hall–Kier alpha value is -1.67. The van der Waals surface area contributed by atoms with Gasteiger partial charge in [-0.25, -0.2) is 19.2 Å². The van der Waals surface area contributed by atoms with E-state index in [1.54, 1.807) is 18.2 Å².